The van der Waals surface area contributed by atoms with Crippen molar-refractivity contribution in [2.24, 2.45) is 0 Å². The Morgan fingerprint density at radius 2 is 2.00 bits per heavy atom. The summed E-state index contributed by atoms with van der Waals surface area (Å²) < 4.78 is 10.6. The number of aromatic nitrogens is 1. The molecule has 7 heteroatoms. The quantitative estimate of drug-likeness (QED) is 0.414. The summed E-state index contributed by atoms with van der Waals surface area (Å²) in [6.45, 7) is 5.43. The van der Waals surface area contributed by atoms with Gasteiger partial charge in [-0.2, -0.15) is 0 Å². The van der Waals surface area contributed by atoms with E-state index in [-0.39, 0.29) is 18.1 Å². The number of halogens is 1. The van der Waals surface area contributed by atoms with Gasteiger partial charge in [-0.15, -0.1) is 0 Å². The standard InChI is InChI=1S/C19H20BrNO5/c1-5-26-19(24)16-10(2)17(21-11(16)3)14(22)7-6-12-8-13(20)18(23)15(9-12)25-4/h6-9,21,23H,5H2,1-4H3/b7-6+. The zero-order valence-electron chi connectivity index (χ0n) is 15.0. The fraction of sp³-hybridized carbons (Fsp3) is 0.263. The lowest BCUT2D eigenvalue weighted by molar-refractivity contribution is 0.0525. The maximum Gasteiger partial charge on any atom is 0.340 e. The van der Waals surface area contributed by atoms with Crippen LogP contribution < -0.4 is 4.74 Å². The van der Waals surface area contributed by atoms with Crippen molar-refractivity contribution in [3.63, 3.8) is 0 Å². The summed E-state index contributed by atoms with van der Waals surface area (Å²) in [7, 11) is 1.45. The normalized spacial score (nSPS) is 11.0. The monoisotopic (exact) mass is 421 g/mol. The van der Waals surface area contributed by atoms with Crippen LogP contribution in [0.4, 0.5) is 0 Å². The summed E-state index contributed by atoms with van der Waals surface area (Å²) in [5, 5.41) is 9.83. The van der Waals surface area contributed by atoms with Crippen LogP contribution in [0.15, 0.2) is 22.7 Å². The first-order valence-electron chi connectivity index (χ1n) is 7.95. The molecule has 0 amide bonds. The summed E-state index contributed by atoms with van der Waals surface area (Å²) in [6.07, 6.45) is 3.00. The molecule has 138 valence electrons. The molecule has 2 aromatic rings. The number of aryl methyl sites for hydroxylation is 1. The Kier molecular flexibility index (Phi) is 6.26. The molecule has 0 unspecified atom stereocenters. The van der Waals surface area contributed by atoms with Gasteiger partial charge < -0.3 is 19.6 Å². The molecule has 0 fully saturated rings. The smallest absolute Gasteiger partial charge is 0.340 e. The van der Waals surface area contributed by atoms with Gasteiger partial charge in [0.05, 0.1) is 29.4 Å². The third kappa shape index (κ3) is 3.99. The van der Waals surface area contributed by atoms with E-state index in [0.717, 1.165) is 0 Å². The topological polar surface area (TPSA) is 88.6 Å². The first kappa shape index (κ1) is 19.8. The molecule has 0 bridgehead atoms. The lowest BCUT2D eigenvalue weighted by Crippen LogP contribution is -2.07. The van der Waals surface area contributed by atoms with Crippen LogP contribution in [0.25, 0.3) is 6.08 Å². The third-order valence-corrected chi connectivity index (χ3v) is 4.47. The molecule has 0 atom stereocenters. The predicted molar refractivity (Wildman–Crippen MR) is 102 cm³/mol. The van der Waals surface area contributed by atoms with E-state index < -0.39 is 5.97 Å². The van der Waals surface area contributed by atoms with E-state index in [1.54, 1.807) is 39.0 Å². The van der Waals surface area contributed by atoms with E-state index in [1.807, 2.05) is 0 Å². The molecule has 1 aromatic carbocycles. The molecule has 0 aliphatic heterocycles. The largest absolute Gasteiger partial charge is 0.503 e. The Hall–Kier alpha value is -2.54. The van der Waals surface area contributed by atoms with Gasteiger partial charge in [0.1, 0.15) is 0 Å². The number of hydrogen-bond acceptors (Lipinski definition) is 5. The Morgan fingerprint density at radius 3 is 2.62 bits per heavy atom. The van der Waals surface area contributed by atoms with Crippen molar-refractivity contribution in [2.75, 3.05) is 13.7 Å². The molecule has 0 aliphatic rings. The van der Waals surface area contributed by atoms with Crippen molar-refractivity contribution in [1.29, 1.82) is 0 Å². The number of ketones is 1. The van der Waals surface area contributed by atoms with Gasteiger partial charge >= 0.3 is 5.97 Å². The van der Waals surface area contributed by atoms with Gasteiger partial charge in [0.2, 0.25) is 5.78 Å². The van der Waals surface area contributed by atoms with Crippen molar-refractivity contribution in [3.8, 4) is 11.5 Å². The second-order valence-corrected chi connectivity index (χ2v) is 6.45. The molecule has 6 nitrogen and oxygen atoms in total. The van der Waals surface area contributed by atoms with Crippen molar-refractivity contribution in [2.45, 2.75) is 20.8 Å². The number of carbonyl (C=O) groups excluding carboxylic acids is 2. The molecule has 0 aliphatic carbocycles. The zero-order valence-corrected chi connectivity index (χ0v) is 16.6. The molecule has 26 heavy (non-hydrogen) atoms. The lowest BCUT2D eigenvalue weighted by atomic mass is 10.1. The number of hydrogen-bond donors (Lipinski definition) is 2. The summed E-state index contributed by atoms with van der Waals surface area (Å²) in [5.41, 5.74) is 2.54. The number of esters is 1. The number of methoxy groups -OCH3 is 1. The minimum Gasteiger partial charge on any atom is -0.503 e. The van der Waals surface area contributed by atoms with Crippen molar-refractivity contribution in [1.82, 2.24) is 4.98 Å². The summed E-state index contributed by atoms with van der Waals surface area (Å²) in [4.78, 5) is 27.5. The number of allylic oxidation sites excluding steroid dienone is 1. The highest BCUT2D eigenvalue weighted by Gasteiger charge is 2.21. The van der Waals surface area contributed by atoms with Crippen LogP contribution in [-0.4, -0.2) is 35.6 Å². The van der Waals surface area contributed by atoms with Gasteiger partial charge in [0.25, 0.3) is 0 Å². The van der Waals surface area contributed by atoms with Crippen LogP contribution in [0.3, 0.4) is 0 Å². The fourth-order valence-corrected chi connectivity index (χ4v) is 3.07. The Labute approximate surface area is 160 Å². The number of rotatable bonds is 6. The van der Waals surface area contributed by atoms with Crippen LogP contribution in [0.2, 0.25) is 0 Å². The zero-order chi connectivity index (χ0) is 19.4. The maximum atomic E-state index is 12.5. The minimum absolute atomic E-state index is 0.00843. The number of aromatic hydroxyl groups is 1. The first-order chi connectivity index (χ1) is 12.3. The molecule has 2 N–H and O–H groups in total. The SMILES string of the molecule is CCOC(=O)c1c(C)[nH]c(C(=O)/C=C/c2cc(Br)c(O)c(OC)c2)c1C. The average molecular weight is 422 g/mol. The van der Waals surface area contributed by atoms with E-state index in [1.165, 1.54) is 13.2 Å². The fourth-order valence-electron chi connectivity index (χ4n) is 2.61. The molecule has 0 spiro atoms. The van der Waals surface area contributed by atoms with E-state index in [0.29, 0.717) is 38.3 Å². The summed E-state index contributed by atoms with van der Waals surface area (Å²) >= 11 is 3.24. The lowest BCUT2D eigenvalue weighted by Gasteiger charge is -2.06. The second kappa shape index (κ2) is 8.23. The molecule has 1 heterocycles. The number of nitrogens with one attached hydrogen (secondary N) is 1. The minimum atomic E-state index is -0.450. The Morgan fingerprint density at radius 1 is 1.31 bits per heavy atom. The van der Waals surface area contributed by atoms with Gasteiger partial charge in [-0.25, -0.2) is 4.79 Å². The molecule has 0 saturated carbocycles. The molecule has 0 saturated heterocycles. The number of phenolic OH excluding ortho intramolecular Hbond substituents is 1. The number of phenols is 1. The number of ether oxygens (including phenoxy) is 2. The second-order valence-electron chi connectivity index (χ2n) is 5.60. The maximum absolute atomic E-state index is 12.5. The molecule has 1 aromatic heterocycles. The Bertz CT molecular complexity index is 883. The summed E-state index contributed by atoms with van der Waals surface area (Å²) in [5.74, 6) is -0.438. The van der Waals surface area contributed by atoms with Crippen LogP contribution in [0, 0.1) is 13.8 Å². The van der Waals surface area contributed by atoms with Gasteiger partial charge in [-0.3, -0.25) is 4.79 Å². The highest BCUT2D eigenvalue weighted by molar-refractivity contribution is 9.10. The van der Waals surface area contributed by atoms with Crippen LogP contribution >= 0.6 is 15.9 Å². The first-order valence-corrected chi connectivity index (χ1v) is 8.74. The van der Waals surface area contributed by atoms with Crippen molar-refractivity contribution < 1.29 is 24.2 Å². The summed E-state index contributed by atoms with van der Waals surface area (Å²) in [6, 6.07) is 3.28. The van der Waals surface area contributed by atoms with Gasteiger partial charge in [-0.05, 0) is 66.0 Å². The van der Waals surface area contributed by atoms with Crippen molar-refractivity contribution in [3.05, 3.63) is 50.8 Å². The van der Waals surface area contributed by atoms with Crippen LogP contribution in [0.1, 0.15) is 44.6 Å². The van der Waals surface area contributed by atoms with E-state index in [9.17, 15) is 14.7 Å². The number of carbonyl (C=O) groups is 2. The van der Waals surface area contributed by atoms with Crippen LogP contribution in [-0.2, 0) is 4.74 Å². The average Bonchev–Trinajstić information content (AvgIpc) is 2.90. The van der Waals surface area contributed by atoms with Gasteiger partial charge in [0.15, 0.2) is 11.5 Å². The highest BCUT2D eigenvalue weighted by Crippen LogP contribution is 2.35. The van der Waals surface area contributed by atoms with Gasteiger partial charge in [0, 0.05) is 5.69 Å². The van der Waals surface area contributed by atoms with E-state index in [2.05, 4.69) is 20.9 Å². The number of benzene rings is 1. The van der Waals surface area contributed by atoms with Crippen molar-refractivity contribution >= 4 is 33.8 Å². The molecular formula is C19H20BrNO5. The Balaban J connectivity index is 2.31. The van der Waals surface area contributed by atoms with Gasteiger partial charge in [-0.1, -0.05) is 6.08 Å². The molecular weight excluding hydrogens is 402 g/mol. The highest BCUT2D eigenvalue weighted by atomic mass is 79.9. The van der Waals surface area contributed by atoms with E-state index in [4.69, 9.17) is 9.47 Å². The number of H-pyrrole nitrogens is 1. The van der Waals surface area contributed by atoms with E-state index >= 15 is 0 Å². The predicted octanol–water partition coefficient (Wildman–Crippen LogP) is 4.18. The third-order valence-electron chi connectivity index (χ3n) is 3.86. The number of aromatic amines is 1. The molecule has 2 rings (SSSR count). The van der Waals surface area contributed by atoms with Crippen LogP contribution in [0.5, 0.6) is 11.5 Å². The molecule has 0 radical (unpaired) electrons.